The molecular formula is C34H43NO10. The number of carbonyl (C=O) groups excluding carboxylic acids is 3. The molecule has 1 N–H and O–H groups in total. The first-order chi connectivity index (χ1) is 21.5. The number of allylic oxidation sites excluding steroid dienone is 1. The second kappa shape index (κ2) is 10.3. The highest BCUT2D eigenvalue weighted by molar-refractivity contribution is 5.97. The van der Waals surface area contributed by atoms with Crippen molar-refractivity contribution in [3.05, 3.63) is 42.0 Å². The van der Waals surface area contributed by atoms with Crippen molar-refractivity contribution in [1.82, 2.24) is 4.90 Å². The van der Waals surface area contributed by atoms with E-state index >= 15 is 0 Å². The minimum Gasteiger partial charge on any atom is -0.497 e. The van der Waals surface area contributed by atoms with Gasteiger partial charge in [-0.15, -0.1) is 0 Å². The van der Waals surface area contributed by atoms with E-state index in [0.29, 0.717) is 24.4 Å². The number of likely N-dealkylation sites (tertiary alicyclic amines) is 1. The van der Waals surface area contributed by atoms with Crippen LogP contribution in [-0.4, -0.2) is 111 Å². The Bertz CT molecular complexity index is 1430. The number of methoxy groups -OCH3 is 4. The molecule has 11 heteroatoms. The number of hydrogen-bond acceptors (Lipinski definition) is 11. The normalized spacial score (nSPS) is 45.4. The Morgan fingerprint density at radius 2 is 1.78 bits per heavy atom. The Labute approximate surface area is 263 Å². The molecule has 0 unspecified atom stereocenters. The molecule has 5 fully saturated rings. The number of benzene rings is 1. The zero-order chi connectivity index (χ0) is 32.1. The lowest BCUT2D eigenvalue weighted by molar-refractivity contribution is -0.265. The molecule has 12 atom stereocenters. The summed E-state index contributed by atoms with van der Waals surface area (Å²) >= 11 is 0. The standard InChI is InChI=1S/C34H43NO10/c1-7-35-16-31(17-40-3)22(37)12-13-32-21-14-33(39)23(42-5)15-34(45-18(2)36,25(28(32)35)26(43-6)27(31)32)24(21)29(33)44-30(38)19-8-10-20(41-4)11-9-19/h8-13,21,23-29,39H,7,14-17H2,1-6H3/t21-,23+,24-,25-,26+,27-,28-,29-,31+,32-,33-,34-/m1/s1. The molecule has 1 spiro atoms. The molecule has 1 aliphatic heterocycles. The van der Waals surface area contributed by atoms with E-state index in [1.807, 2.05) is 6.08 Å². The third-order valence-corrected chi connectivity index (χ3v) is 12.5. The van der Waals surface area contributed by atoms with E-state index in [4.69, 9.17) is 28.4 Å². The molecule has 5 aliphatic carbocycles. The molecule has 0 amide bonds. The summed E-state index contributed by atoms with van der Waals surface area (Å²) in [5.74, 6) is -2.13. The topological polar surface area (TPSA) is 130 Å². The van der Waals surface area contributed by atoms with Gasteiger partial charge in [-0.2, -0.15) is 0 Å². The van der Waals surface area contributed by atoms with E-state index < -0.39 is 64.1 Å². The third-order valence-electron chi connectivity index (χ3n) is 12.5. The van der Waals surface area contributed by atoms with Gasteiger partial charge in [-0.1, -0.05) is 13.0 Å². The first-order valence-corrected chi connectivity index (χ1v) is 15.8. The van der Waals surface area contributed by atoms with Gasteiger partial charge in [0.15, 0.2) is 5.78 Å². The Hall–Kier alpha value is -2.83. The molecule has 1 aromatic carbocycles. The van der Waals surface area contributed by atoms with Gasteiger partial charge in [-0.3, -0.25) is 14.5 Å². The SMILES string of the molecule is CCN1C[C@]2(COC)C(=O)C=C[C@@]34[C@@H]5C[C@@]6(O)[C@@H](OC)C[C@](OC(C)=O)([C@H]([C@H](OC)[C@H]23)[C@@H]14)[C@H]5[C@H]6OC(=O)c1ccc(OC)cc1. The predicted molar refractivity (Wildman–Crippen MR) is 158 cm³/mol. The van der Waals surface area contributed by atoms with Gasteiger partial charge in [0.25, 0.3) is 0 Å². The van der Waals surface area contributed by atoms with Crippen LogP contribution >= 0.6 is 0 Å². The predicted octanol–water partition coefficient (Wildman–Crippen LogP) is 2.05. The lowest BCUT2D eigenvalue weighted by Crippen LogP contribution is -2.75. The number of piperidine rings is 1. The van der Waals surface area contributed by atoms with Crippen LogP contribution in [0.4, 0.5) is 0 Å². The number of hydrogen-bond donors (Lipinski definition) is 1. The van der Waals surface area contributed by atoms with Crippen molar-refractivity contribution >= 4 is 17.7 Å². The minimum absolute atomic E-state index is 0.0105. The van der Waals surface area contributed by atoms with Crippen molar-refractivity contribution < 1.29 is 47.9 Å². The van der Waals surface area contributed by atoms with Crippen molar-refractivity contribution in [3.63, 3.8) is 0 Å². The van der Waals surface area contributed by atoms with Crippen LogP contribution in [0.2, 0.25) is 0 Å². The van der Waals surface area contributed by atoms with Crippen LogP contribution < -0.4 is 4.74 Å². The summed E-state index contributed by atoms with van der Waals surface area (Å²) in [5.41, 5.74) is -4.04. The van der Waals surface area contributed by atoms with Crippen molar-refractivity contribution in [2.24, 2.45) is 34.5 Å². The molecule has 244 valence electrons. The summed E-state index contributed by atoms with van der Waals surface area (Å²) in [6, 6.07) is 6.43. The monoisotopic (exact) mass is 625 g/mol. The van der Waals surface area contributed by atoms with E-state index in [9.17, 15) is 19.5 Å². The van der Waals surface area contributed by atoms with Crippen LogP contribution in [0.5, 0.6) is 5.75 Å². The largest absolute Gasteiger partial charge is 0.497 e. The average molecular weight is 626 g/mol. The van der Waals surface area contributed by atoms with Crippen LogP contribution in [0.25, 0.3) is 0 Å². The summed E-state index contributed by atoms with van der Waals surface area (Å²) in [7, 11) is 6.34. The number of ether oxygens (including phenoxy) is 6. The Balaban J connectivity index is 1.45. The van der Waals surface area contributed by atoms with Gasteiger partial charge in [0, 0.05) is 70.4 Å². The Morgan fingerprint density at radius 3 is 2.38 bits per heavy atom. The van der Waals surface area contributed by atoms with Crippen LogP contribution in [0.1, 0.15) is 37.0 Å². The molecule has 4 saturated carbocycles. The molecule has 1 saturated heterocycles. The summed E-state index contributed by atoms with van der Waals surface area (Å²) in [6.45, 7) is 4.80. The zero-order valence-corrected chi connectivity index (χ0v) is 26.7. The van der Waals surface area contributed by atoms with E-state index in [2.05, 4.69) is 11.8 Å². The van der Waals surface area contributed by atoms with Crippen molar-refractivity contribution in [3.8, 4) is 5.75 Å². The van der Waals surface area contributed by atoms with E-state index in [1.165, 1.54) is 14.0 Å². The molecule has 0 aromatic heterocycles. The van der Waals surface area contributed by atoms with Crippen LogP contribution in [-0.2, 0) is 33.3 Å². The van der Waals surface area contributed by atoms with Crippen LogP contribution in [0, 0.1) is 34.5 Å². The van der Waals surface area contributed by atoms with Crippen LogP contribution in [0.3, 0.4) is 0 Å². The molecule has 1 heterocycles. The molecule has 45 heavy (non-hydrogen) atoms. The maximum Gasteiger partial charge on any atom is 0.338 e. The number of nitrogens with zero attached hydrogens (tertiary/aromatic N) is 1. The second-order valence-corrected chi connectivity index (χ2v) is 13.9. The fourth-order valence-electron chi connectivity index (χ4n) is 11.4. The molecule has 7 rings (SSSR count). The van der Waals surface area contributed by atoms with Gasteiger partial charge in [-0.05, 0) is 49.2 Å². The molecule has 1 aromatic rings. The fourth-order valence-corrected chi connectivity index (χ4v) is 11.4. The number of fused-ring (bicyclic) bond motifs is 2. The quantitative estimate of drug-likeness (QED) is 0.405. The average Bonchev–Trinajstić information content (AvgIpc) is 3.39. The highest BCUT2D eigenvalue weighted by Crippen LogP contribution is 2.79. The highest BCUT2D eigenvalue weighted by Gasteiger charge is 2.88. The van der Waals surface area contributed by atoms with Gasteiger partial charge in [0.1, 0.15) is 23.1 Å². The summed E-state index contributed by atoms with van der Waals surface area (Å²) in [6.07, 6.45) is 1.84. The van der Waals surface area contributed by atoms with Gasteiger partial charge >= 0.3 is 11.9 Å². The minimum atomic E-state index is -1.57. The number of esters is 2. The third kappa shape index (κ3) is 3.67. The highest BCUT2D eigenvalue weighted by atomic mass is 16.6. The van der Waals surface area contributed by atoms with Gasteiger partial charge in [0.2, 0.25) is 0 Å². The van der Waals surface area contributed by atoms with Gasteiger partial charge < -0.3 is 33.5 Å². The fraction of sp³-hybridized carbons (Fsp3) is 0.676. The Kier molecular flexibility index (Phi) is 7.08. The number of aliphatic hydroxyl groups is 1. The maximum atomic E-state index is 14.0. The van der Waals surface area contributed by atoms with Crippen molar-refractivity contribution in [2.45, 2.75) is 62.2 Å². The summed E-state index contributed by atoms with van der Waals surface area (Å²) in [5, 5.41) is 12.6. The van der Waals surface area contributed by atoms with E-state index in [1.54, 1.807) is 51.7 Å². The summed E-state index contributed by atoms with van der Waals surface area (Å²) < 4.78 is 36.4. The lowest BCUT2D eigenvalue weighted by atomic mass is 9.46. The number of ketones is 1. The van der Waals surface area contributed by atoms with Gasteiger partial charge in [0.05, 0.1) is 36.9 Å². The van der Waals surface area contributed by atoms with E-state index in [0.717, 1.165) is 0 Å². The molecular weight excluding hydrogens is 582 g/mol. The number of rotatable bonds is 9. The zero-order valence-electron chi connectivity index (χ0n) is 26.7. The summed E-state index contributed by atoms with van der Waals surface area (Å²) in [4.78, 5) is 43.3. The van der Waals surface area contributed by atoms with Crippen molar-refractivity contribution in [1.29, 1.82) is 0 Å². The molecule has 6 aliphatic rings. The molecule has 0 radical (unpaired) electrons. The van der Waals surface area contributed by atoms with Gasteiger partial charge in [-0.25, -0.2) is 4.79 Å². The lowest BCUT2D eigenvalue weighted by Gasteiger charge is -2.65. The second-order valence-electron chi connectivity index (χ2n) is 13.9. The maximum absolute atomic E-state index is 14.0. The molecule has 11 nitrogen and oxygen atoms in total. The molecule has 7 bridgehead atoms. The smallest absolute Gasteiger partial charge is 0.338 e. The first-order valence-electron chi connectivity index (χ1n) is 15.8. The number of carbonyl (C=O) groups is 3. The van der Waals surface area contributed by atoms with Crippen molar-refractivity contribution in [2.75, 3.05) is 48.1 Å². The van der Waals surface area contributed by atoms with Crippen LogP contribution in [0.15, 0.2) is 36.4 Å². The Morgan fingerprint density at radius 1 is 1.04 bits per heavy atom. The van der Waals surface area contributed by atoms with E-state index in [-0.39, 0.29) is 43.1 Å². The first kappa shape index (κ1) is 30.8.